The molecule has 1 heterocycles. The highest BCUT2D eigenvalue weighted by atomic mass is 16.5. The van der Waals surface area contributed by atoms with Crippen LogP contribution < -0.4 is 0 Å². The van der Waals surface area contributed by atoms with Crippen molar-refractivity contribution in [2.75, 3.05) is 0 Å². The Morgan fingerprint density at radius 1 is 1.64 bits per heavy atom. The van der Waals surface area contributed by atoms with Crippen molar-refractivity contribution in [3.8, 4) is 0 Å². The van der Waals surface area contributed by atoms with Gasteiger partial charge in [-0.05, 0) is 33.1 Å². The first-order valence-corrected chi connectivity index (χ1v) is 4.25. The zero-order valence-electron chi connectivity index (χ0n) is 7.30. The topological polar surface area (TPSA) is 26.3 Å². The molecule has 0 aromatic heterocycles. The zero-order valence-corrected chi connectivity index (χ0v) is 7.30. The molecular formula is C9H16O2. The molecule has 0 N–H and O–H groups in total. The van der Waals surface area contributed by atoms with Crippen LogP contribution in [-0.2, 0) is 9.53 Å². The van der Waals surface area contributed by atoms with Crippen molar-refractivity contribution in [3.63, 3.8) is 0 Å². The molecule has 0 aliphatic carbocycles. The van der Waals surface area contributed by atoms with E-state index in [0.717, 1.165) is 19.1 Å². The highest BCUT2D eigenvalue weighted by molar-refractivity contribution is 5.50. The number of carbonyl (C=O) groups excluding carboxylic acids is 1. The van der Waals surface area contributed by atoms with Gasteiger partial charge in [-0.25, -0.2) is 0 Å². The number of carbonyl (C=O) groups is 1. The summed E-state index contributed by atoms with van der Waals surface area (Å²) in [5.74, 6) is 0. The number of hydrogen-bond donors (Lipinski definition) is 0. The number of aldehydes is 1. The van der Waals surface area contributed by atoms with E-state index in [0.29, 0.717) is 6.42 Å². The van der Waals surface area contributed by atoms with Crippen molar-refractivity contribution in [2.24, 2.45) is 0 Å². The second-order valence-corrected chi connectivity index (χ2v) is 3.79. The normalized spacial score (nSPS) is 29.8. The Morgan fingerprint density at radius 3 is 2.91 bits per heavy atom. The highest BCUT2D eigenvalue weighted by Gasteiger charge is 2.27. The lowest BCUT2D eigenvalue weighted by atomic mass is 9.94. The van der Waals surface area contributed by atoms with Crippen molar-refractivity contribution < 1.29 is 9.53 Å². The third-order valence-electron chi connectivity index (χ3n) is 2.15. The summed E-state index contributed by atoms with van der Waals surface area (Å²) in [6.07, 6.45) is 5.03. The fourth-order valence-corrected chi connectivity index (χ4v) is 1.60. The Kier molecular flexibility index (Phi) is 2.66. The highest BCUT2D eigenvalue weighted by Crippen LogP contribution is 2.28. The van der Waals surface area contributed by atoms with Crippen LogP contribution in [0, 0.1) is 0 Å². The Balaban J connectivity index is 2.39. The second kappa shape index (κ2) is 3.35. The quantitative estimate of drug-likeness (QED) is 0.571. The maximum absolute atomic E-state index is 10.2. The van der Waals surface area contributed by atoms with Gasteiger partial charge >= 0.3 is 0 Å². The molecule has 0 saturated carbocycles. The maximum Gasteiger partial charge on any atom is 0.122 e. The van der Waals surface area contributed by atoms with Crippen LogP contribution in [-0.4, -0.2) is 18.0 Å². The predicted octanol–water partition coefficient (Wildman–Crippen LogP) is 1.92. The molecule has 1 aliphatic heterocycles. The van der Waals surface area contributed by atoms with Crippen molar-refractivity contribution in [3.05, 3.63) is 0 Å². The predicted molar refractivity (Wildman–Crippen MR) is 43.5 cm³/mol. The Bertz CT molecular complexity index is 140. The summed E-state index contributed by atoms with van der Waals surface area (Å²) in [6, 6.07) is 0. The van der Waals surface area contributed by atoms with Crippen molar-refractivity contribution in [1.29, 1.82) is 0 Å². The van der Waals surface area contributed by atoms with Gasteiger partial charge in [-0.15, -0.1) is 0 Å². The van der Waals surface area contributed by atoms with Crippen molar-refractivity contribution in [2.45, 2.75) is 51.2 Å². The molecule has 2 heteroatoms. The van der Waals surface area contributed by atoms with E-state index in [1.807, 2.05) is 0 Å². The van der Waals surface area contributed by atoms with Gasteiger partial charge in [0.05, 0.1) is 11.7 Å². The summed E-state index contributed by atoms with van der Waals surface area (Å²) >= 11 is 0. The van der Waals surface area contributed by atoms with Crippen LogP contribution in [0.2, 0.25) is 0 Å². The number of hydrogen-bond acceptors (Lipinski definition) is 2. The van der Waals surface area contributed by atoms with E-state index in [1.54, 1.807) is 0 Å². The molecule has 0 radical (unpaired) electrons. The fourth-order valence-electron chi connectivity index (χ4n) is 1.60. The smallest absolute Gasteiger partial charge is 0.122 e. The molecule has 1 rings (SSSR count). The molecule has 64 valence electrons. The van der Waals surface area contributed by atoms with E-state index in [2.05, 4.69) is 13.8 Å². The Hall–Kier alpha value is -0.370. The lowest BCUT2D eigenvalue weighted by molar-refractivity contribution is -0.124. The first-order valence-electron chi connectivity index (χ1n) is 4.25. The van der Waals surface area contributed by atoms with Gasteiger partial charge in [0, 0.05) is 6.42 Å². The Morgan fingerprint density at radius 2 is 2.36 bits per heavy atom. The lowest BCUT2D eigenvalue weighted by Crippen LogP contribution is -2.35. The molecule has 0 aromatic carbocycles. The van der Waals surface area contributed by atoms with E-state index in [4.69, 9.17) is 4.74 Å². The van der Waals surface area contributed by atoms with Crippen LogP contribution in [0.5, 0.6) is 0 Å². The molecular weight excluding hydrogens is 140 g/mol. The molecule has 1 fully saturated rings. The summed E-state index contributed by atoms with van der Waals surface area (Å²) in [6.45, 7) is 4.17. The summed E-state index contributed by atoms with van der Waals surface area (Å²) in [5.41, 5.74) is -0.00801. The molecule has 1 aliphatic rings. The molecule has 11 heavy (non-hydrogen) atoms. The van der Waals surface area contributed by atoms with Gasteiger partial charge in [-0.1, -0.05) is 0 Å². The van der Waals surface area contributed by atoms with Gasteiger partial charge < -0.3 is 9.53 Å². The van der Waals surface area contributed by atoms with Crippen LogP contribution >= 0.6 is 0 Å². The number of ether oxygens (including phenoxy) is 1. The summed E-state index contributed by atoms with van der Waals surface area (Å²) in [4.78, 5) is 10.2. The van der Waals surface area contributed by atoms with Crippen LogP contribution in [0.25, 0.3) is 0 Å². The average Bonchev–Trinajstić information content (AvgIpc) is 1.85. The van der Waals surface area contributed by atoms with Crippen LogP contribution in [0.3, 0.4) is 0 Å². The second-order valence-electron chi connectivity index (χ2n) is 3.79. The molecule has 1 saturated heterocycles. The first kappa shape index (κ1) is 8.72. The van der Waals surface area contributed by atoms with E-state index in [1.165, 1.54) is 6.42 Å². The van der Waals surface area contributed by atoms with E-state index in [-0.39, 0.29) is 11.7 Å². The van der Waals surface area contributed by atoms with Gasteiger partial charge in [0.1, 0.15) is 6.29 Å². The molecule has 1 unspecified atom stereocenters. The van der Waals surface area contributed by atoms with Gasteiger partial charge in [-0.2, -0.15) is 0 Å². The van der Waals surface area contributed by atoms with Crippen molar-refractivity contribution in [1.82, 2.24) is 0 Å². The van der Waals surface area contributed by atoms with Gasteiger partial charge in [-0.3, -0.25) is 0 Å². The minimum Gasteiger partial charge on any atom is -0.372 e. The van der Waals surface area contributed by atoms with E-state index < -0.39 is 0 Å². The SMILES string of the molecule is CC1(C)CCCC(CC=O)O1. The van der Waals surface area contributed by atoms with Gasteiger partial charge in [0.15, 0.2) is 0 Å². The van der Waals surface area contributed by atoms with Gasteiger partial charge in [0.25, 0.3) is 0 Å². The molecule has 0 bridgehead atoms. The Labute approximate surface area is 67.9 Å². The maximum atomic E-state index is 10.2. The standard InChI is InChI=1S/C9H16O2/c1-9(2)6-3-4-8(11-9)5-7-10/h7-8H,3-6H2,1-2H3. The van der Waals surface area contributed by atoms with Crippen LogP contribution in [0.4, 0.5) is 0 Å². The monoisotopic (exact) mass is 156 g/mol. The van der Waals surface area contributed by atoms with E-state index >= 15 is 0 Å². The van der Waals surface area contributed by atoms with Crippen molar-refractivity contribution >= 4 is 6.29 Å². The third kappa shape index (κ3) is 2.62. The average molecular weight is 156 g/mol. The summed E-state index contributed by atoms with van der Waals surface area (Å²) in [7, 11) is 0. The molecule has 1 atom stereocenters. The molecule has 0 spiro atoms. The minimum atomic E-state index is -0.00801. The number of rotatable bonds is 2. The van der Waals surface area contributed by atoms with E-state index in [9.17, 15) is 4.79 Å². The summed E-state index contributed by atoms with van der Waals surface area (Å²) in [5, 5.41) is 0. The lowest BCUT2D eigenvalue weighted by Gasteiger charge is -2.35. The van der Waals surface area contributed by atoms with Crippen LogP contribution in [0.15, 0.2) is 0 Å². The summed E-state index contributed by atoms with van der Waals surface area (Å²) < 4.78 is 5.68. The first-order chi connectivity index (χ1) is 5.14. The molecule has 2 nitrogen and oxygen atoms in total. The van der Waals surface area contributed by atoms with Gasteiger partial charge in [0.2, 0.25) is 0 Å². The van der Waals surface area contributed by atoms with Crippen LogP contribution in [0.1, 0.15) is 39.5 Å². The minimum absolute atomic E-state index is 0.00801. The largest absolute Gasteiger partial charge is 0.372 e. The molecule has 0 aromatic rings. The zero-order chi connectivity index (χ0) is 8.32. The fraction of sp³-hybridized carbons (Fsp3) is 0.889. The molecule has 0 amide bonds. The third-order valence-corrected chi connectivity index (χ3v) is 2.15.